The van der Waals surface area contributed by atoms with Crippen molar-refractivity contribution in [2.24, 2.45) is 5.10 Å². The van der Waals surface area contributed by atoms with E-state index in [2.05, 4.69) is 16.9 Å². The number of hydrogen-bond acceptors (Lipinski definition) is 2. The highest BCUT2D eigenvalue weighted by atomic mass is 15.4. The van der Waals surface area contributed by atoms with E-state index >= 15 is 0 Å². The zero-order valence-corrected chi connectivity index (χ0v) is 6.83. The Labute approximate surface area is 61.7 Å². The van der Waals surface area contributed by atoms with Gasteiger partial charge in [-0.15, -0.1) is 0 Å². The van der Waals surface area contributed by atoms with Crippen LogP contribution < -0.4 is 0 Å². The third kappa shape index (κ3) is 1.56. The van der Waals surface area contributed by atoms with E-state index < -0.39 is 0 Å². The van der Waals surface area contributed by atoms with Gasteiger partial charge in [-0.2, -0.15) is 0 Å². The Morgan fingerprint density at radius 3 is 3.10 bits per heavy atom. The molecule has 1 aliphatic heterocycles. The molecule has 0 fully saturated rings. The van der Waals surface area contributed by atoms with E-state index in [0.717, 1.165) is 13.0 Å². The van der Waals surface area contributed by atoms with E-state index in [1.807, 2.05) is 25.1 Å². The molecule has 0 N–H and O–H groups in total. The van der Waals surface area contributed by atoms with E-state index in [9.17, 15) is 0 Å². The van der Waals surface area contributed by atoms with Crippen LogP contribution in [0.25, 0.3) is 0 Å². The van der Waals surface area contributed by atoms with Gasteiger partial charge in [0.15, 0.2) is 19.1 Å². The standard InChI is InChI=1S/C7H14N3/c1-7-4-5-9(2)6-8-10(7)3/h6H,4-5H2,1-3H3/q+1. The lowest BCUT2D eigenvalue weighted by atomic mass is 10.3. The summed E-state index contributed by atoms with van der Waals surface area (Å²) in [7, 11) is 4.01. The number of hydrazone groups is 1. The molecule has 0 unspecified atom stereocenters. The summed E-state index contributed by atoms with van der Waals surface area (Å²) in [6.07, 6.45) is 2.96. The maximum absolute atomic E-state index is 4.18. The van der Waals surface area contributed by atoms with Gasteiger partial charge in [-0.3, -0.25) is 0 Å². The smallest absolute Gasteiger partial charge is 0.183 e. The highest BCUT2D eigenvalue weighted by molar-refractivity contribution is 5.78. The molecule has 0 aromatic carbocycles. The van der Waals surface area contributed by atoms with E-state index in [0.29, 0.717) is 0 Å². The maximum atomic E-state index is 4.18. The Bertz CT molecular complexity index is 181. The van der Waals surface area contributed by atoms with Gasteiger partial charge >= 0.3 is 0 Å². The molecule has 0 spiro atoms. The molecular formula is C7H14N3+. The van der Waals surface area contributed by atoms with Crippen molar-refractivity contribution >= 4 is 12.1 Å². The zero-order chi connectivity index (χ0) is 7.56. The quantitative estimate of drug-likeness (QED) is 0.445. The van der Waals surface area contributed by atoms with Crippen molar-refractivity contribution in [3.63, 3.8) is 0 Å². The molecule has 0 saturated carbocycles. The minimum atomic E-state index is 1.07. The van der Waals surface area contributed by atoms with Crippen LogP contribution in [0, 0.1) is 0 Å². The summed E-state index contributed by atoms with van der Waals surface area (Å²) >= 11 is 0. The number of nitrogens with zero attached hydrogens (tertiary/aromatic N) is 3. The first kappa shape index (κ1) is 7.25. The molecule has 0 radical (unpaired) electrons. The lowest BCUT2D eigenvalue weighted by Crippen LogP contribution is -2.17. The van der Waals surface area contributed by atoms with Gasteiger partial charge in [0.2, 0.25) is 0 Å². The number of rotatable bonds is 0. The van der Waals surface area contributed by atoms with E-state index in [4.69, 9.17) is 0 Å². The third-order valence-electron chi connectivity index (χ3n) is 1.80. The van der Waals surface area contributed by atoms with Crippen LogP contribution in [0.3, 0.4) is 0 Å². The summed E-state index contributed by atoms with van der Waals surface area (Å²) in [4.78, 5) is 2.09. The van der Waals surface area contributed by atoms with Crippen LogP contribution in [0.4, 0.5) is 0 Å². The molecule has 0 aromatic heterocycles. The Morgan fingerprint density at radius 1 is 1.70 bits per heavy atom. The first-order valence-electron chi connectivity index (χ1n) is 3.50. The van der Waals surface area contributed by atoms with Crippen molar-refractivity contribution in [1.82, 2.24) is 4.90 Å². The predicted molar refractivity (Wildman–Crippen MR) is 42.6 cm³/mol. The second kappa shape index (κ2) is 2.82. The average Bonchev–Trinajstić information content (AvgIpc) is 2.04. The van der Waals surface area contributed by atoms with Crippen molar-refractivity contribution in [1.29, 1.82) is 0 Å². The SMILES string of the molecule is CC1=[N+](C)N=CN(C)CC1. The molecule has 0 amide bonds. The highest BCUT2D eigenvalue weighted by Gasteiger charge is 2.08. The normalized spacial score (nSPS) is 19.7. The fourth-order valence-corrected chi connectivity index (χ4v) is 0.822. The van der Waals surface area contributed by atoms with Gasteiger partial charge in [0.25, 0.3) is 0 Å². The second-order valence-corrected chi connectivity index (χ2v) is 2.72. The molecule has 0 bridgehead atoms. The lowest BCUT2D eigenvalue weighted by molar-refractivity contribution is -0.503. The Balaban J connectivity index is 2.72. The van der Waals surface area contributed by atoms with Crippen LogP contribution in [0.1, 0.15) is 13.3 Å². The van der Waals surface area contributed by atoms with E-state index in [1.165, 1.54) is 5.71 Å². The van der Waals surface area contributed by atoms with Crippen LogP contribution in [-0.4, -0.2) is 42.3 Å². The van der Waals surface area contributed by atoms with Gasteiger partial charge in [-0.25, -0.2) is 0 Å². The summed E-state index contributed by atoms with van der Waals surface area (Å²) < 4.78 is 1.92. The molecule has 0 aromatic rings. The largest absolute Gasteiger partial charge is 0.360 e. The fraction of sp³-hybridized carbons (Fsp3) is 0.714. The summed E-state index contributed by atoms with van der Waals surface area (Å²) in [5, 5.41) is 4.18. The van der Waals surface area contributed by atoms with Gasteiger partial charge < -0.3 is 4.90 Å². The van der Waals surface area contributed by atoms with Crippen molar-refractivity contribution in [3.8, 4) is 0 Å². The van der Waals surface area contributed by atoms with Gasteiger partial charge in [0.05, 0.1) is 0 Å². The van der Waals surface area contributed by atoms with Crippen molar-refractivity contribution in [2.45, 2.75) is 13.3 Å². The van der Waals surface area contributed by atoms with Crippen molar-refractivity contribution in [2.75, 3.05) is 20.6 Å². The molecule has 0 aliphatic carbocycles. The minimum Gasteiger partial charge on any atom is -0.360 e. The fourth-order valence-electron chi connectivity index (χ4n) is 0.822. The molecule has 3 heteroatoms. The summed E-state index contributed by atoms with van der Waals surface area (Å²) in [5.74, 6) is 0. The molecule has 1 heterocycles. The first-order valence-corrected chi connectivity index (χ1v) is 3.50. The Kier molecular flexibility index (Phi) is 2.04. The lowest BCUT2D eigenvalue weighted by Gasteiger charge is -2.05. The third-order valence-corrected chi connectivity index (χ3v) is 1.80. The molecule has 0 saturated heterocycles. The zero-order valence-electron chi connectivity index (χ0n) is 6.83. The predicted octanol–water partition coefficient (Wildman–Crippen LogP) is 0.368. The molecule has 1 aliphatic rings. The van der Waals surface area contributed by atoms with Gasteiger partial charge in [0.1, 0.15) is 0 Å². The van der Waals surface area contributed by atoms with Crippen LogP contribution in [-0.2, 0) is 0 Å². The molecule has 56 valence electrons. The Hall–Kier alpha value is -0.860. The van der Waals surface area contributed by atoms with Crippen LogP contribution in [0.15, 0.2) is 5.10 Å². The van der Waals surface area contributed by atoms with E-state index in [1.54, 1.807) is 0 Å². The summed E-state index contributed by atoms with van der Waals surface area (Å²) in [5.41, 5.74) is 1.32. The summed E-state index contributed by atoms with van der Waals surface area (Å²) in [6.45, 7) is 3.18. The molecular weight excluding hydrogens is 126 g/mol. The van der Waals surface area contributed by atoms with Crippen molar-refractivity contribution < 1.29 is 4.68 Å². The topological polar surface area (TPSA) is 18.6 Å². The van der Waals surface area contributed by atoms with Gasteiger partial charge in [0, 0.05) is 32.0 Å². The van der Waals surface area contributed by atoms with Gasteiger partial charge in [-0.1, -0.05) is 4.68 Å². The molecule has 3 nitrogen and oxygen atoms in total. The van der Waals surface area contributed by atoms with Gasteiger partial charge in [-0.05, 0) is 0 Å². The number of hydrogen-bond donors (Lipinski definition) is 0. The van der Waals surface area contributed by atoms with Crippen LogP contribution in [0.2, 0.25) is 0 Å². The van der Waals surface area contributed by atoms with Crippen LogP contribution in [0.5, 0.6) is 0 Å². The Morgan fingerprint density at radius 2 is 2.40 bits per heavy atom. The van der Waals surface area contributed by atoms with E-state index in [-0.39, 0.29) is 0 Å². The first-order chi connectivity index (χ1) is 4.70. The average molecular weight is 140 g/mol. The monoisotopic (exact) mass is 140 g/mol. The molecule has 0 atom stereocenters. The summed E-state index contributed by atoms with van der Waals surface area (Å²) in [6, 6.07) is 0. The minimum absolute atomic E-state index is 1.07. The van der Waals surface area contributed by atoms with Crippen molar-refractivity contribution in [3.05, 3.63) is 0 Å². The van der Waals surface area contributed by atoms with Crippen LogP contribution >= 0.6 is 0 Å². The highest BCUT2D eigenvalue weighted by Crippen LogP contribution is 1.93. The molecule has 1 rings (SSSR count). The molecule has 10 heavy (non-hydrogen) atoms. The maximum Gasteiger partial charge on any atom is 0.183 e. The second-order valence-electron chi connectivity index (χ2n) is 2.72.